The number of hydrogen-bond acceptors (Lipinski definition) is 3. The molecule has 0 aliphatic carbocycles. The van der Waals surface area contributed by atoms with Gasteiger partial charge in [0, 0.05) is 5.56 Å². The van der Waals surface area contributed by atoms with E-state index in [0.717, 1.165) is 12.1 Å². The van der Waals surface area contributed by atoms with Crippen LogP contribution in [0.25, 0.3) is 5.76 Å². The lowest BCUT2D eigenvalue weighted by atomic mass is 10.1. The van der Waals surface area contributed by atoms with E-state index in [1.165, 1.54) is 12.1 Å². The highest BCUT2D eigenvalue weighted by Gasteiger charge is 2.30. The van der Waals surface area contributed by atoms with E-state index in [2.05, 4.69) is 6.58 Å². The lowest BCUT2D eigenvalue weighted by molar-refractivity contribution is -0.137. The molecular weight excluding hydrogens is 273 g/mol. The van der Waals surface area contributed by atoms with E-state index in [1.807, 2.05) is 0 Å². The number of alkyl halides is 3. The van der Waals surface area contributed by atoms with E-state index in [0.29, 0.717) is 0 Å². The Balaban J connectivity index is 2.72. The van der Waals surface area contributed by atoms with Crippen molar-refractivity contribution in [2.24, 2.45) is 0 Å². The first-order valence-corrected chi connectivity index (χ1v) is 5.76. The third-order valence-corrected chi connectivity index (χ3v) is 2.13. The Morgan fingerprint density at radius 2 is 1.60 bits per heavy atom. The van der Waals surface area contributed by atoms with Crippen LogP contribution in [0.2, 0.25) is 0 Å². The lowest BCUT2D eigenvalue weighted by Crippen LogP contribution is -2.24. The summed E-state index contributed by atoms with van der Waals surface area (Å²) in [7, 11) is 0. The van der Waals surface area contributed by atoms with Crippen molar-refractivity contribution in [3.05, 3.63) is 42.0 Å². The van der Waals surface area contributed by atoms with Gasteiger partial charge in [0.2, 0.25) is 0 Å². The molecule has 3 nitrogen and oxygen atoms in total. The maximum atomic E-state index is 12.4. The third kappa shape index (κ3) is 4.95. The van der Waals surface area contributed by atoms with Crippen LogP contribution in [0.15, 0.2) is 30.8 Å². The van der Waals surface area contributed by atoms with Gasteiger partial charge in [-0.3, -0.25) is 0 Å². The molecule has 0 amide bonds. The summed E-state index contributed by atoms with van der Waals surface area (Å²) in [6.07, 6.45) is -5.37. The van der Waals surface area contributed by atoms with E-state index < -0.39 is 23.5 Å². The number of hydrogen-bond donors (Lipinski definition) is 0. The van der Waals surface area contributed by atoms with Crippen LogP contribution in [0.5, 0.6) is 0 Å². The Hall–Kier alpha value is -1.98. The van der Waals surface area contributed by atoms with Gasteiger partial charge in [-0.2, -0.15) is 13.2 Å². The number of benzene rings is 1. The molecule has 0 unspecified atom stereocenters. The fourth-order valence-electron chi connectivity index (χ4n) is 1.28. The van der Waals surface area contributed by atoms with Crippen molar-refractivity contribution in [2.75, 3.05) is 0 Å². The van der Waals surface area contributed by atoms with Crippen molar-refractivity contribution >= 4 is 11.9 Å². The average Bonchev–Trinajstić information content (AvgIpc) is 2.25. The van der Waals surface area contributed by atoms with Gasteiger partial charge in [-0.05, 0) is 32.9 Å². The third-order valence-electron chi connectivity index (χ3n) is 2.13. The van der Waals surface area contributed by atoms with Gasteiger partial charge in [0.15, 0.2) is 0 Å². The van der Waals surface area contributed by atoms with Gasteiger partial charge in [0.25, 0.3) is 0 Å². The zero-order valence-corrected chi connectivity index (χ0v) is 11.4. The minimum Gasteiger partial charge on any atom is -0.428 e. The average molecular weight is 288 g/mol. The Morgan fingerprint density at radius 3 is 2.00 bits per heavy atom. The van der Waals surface area contributed by atoms with Crippen LogP contribution in [0.4, 0.5) is 18.0 Å². The predicted molar refractivity (Wildman–Crippen MR) is 67.8 cm³/mol. The summed E-state index contributed by atoms with van der Waals surface area (Å²) in [5, 5.41) is 0. The highest BCUT2D eigenvalue weighted by atomic mass is 19.4. The molecule has 1 rings (SSSR count). The molecule has 0 heterocycles. The highest BCUT2D eigenvalue weighted by Crippen LogP contribution is 2.30. The van der Waals surface area contributed by atoms with Crippen LogP contribution in [0, 0.1) is 0 Å². The standard InChI is InChI=1S/C14H15F3O3/c1-9(19-12(18)20-13(2,3)4)10-5-7-11(8-6-10)14(15,16)17/h5-8H,1H2,2-4H3. The van der Waals surface area contributed by atoms with E-state index in [1.54, 1.807) is 20.8 Å². The molecular formula is C14H15F3O3. The molecule has 0 radical (unpaired) electrons. The molecule has 0 bridgehead atoms. The maximum Gasteiger partial charge on any atom is 0.514 e. The Labute approximate surface area is 115 Å². The zero-order chi connectivity index (χ0) is 15.6. The fraction of sp³-hybridized carbons (Fsp3) is 0.357. The minimum atomic E-state index is -4.41. The number of carbonyl (C=O) groups excluding carboxylic acids is 1. The quantitative estimate of drug-likeness (QED) is 0.588. The van der Waals surface area contributed by atoms with Crippen LogP contribution < -0.4 is 0 Å². The van der Waals surface area contributed by atoms with Gasteiger partial charge < -0.3 is 9.47 Å². The SMILES string of the molecule is C=C(OC(=O)OC(C)(C)C)c1ccc(C(F)(F)F)cc1. The van der Waals surface area contributed by atoms with Gasteiger partial charge in [-0.15, -0.1) is 0 Å². The minimum absolute atomic E-state index is 0.0759. The second-order valence-corrected chi connectivity index (χ2v) is 5.06. The number of ether oxygens (including phenoxy) is 2. The van der Waals surface area contributed by atoms with E-state index in [-0.39, 0.29) is 11.3 Å². The van der Waals surface area contributed by atoms with Gasteiger partial charge >= 0.3 is 12.3 Å². The van der Waals surface area contributed by atoms with Crippen molar-refractivity contribution in [3.8, 4) is 0 Å². The highest BCUT2D eigenvalue weighted by molar-refractivity contribution is 5.72. The van der Waals surface area contributed by atoms with Gasteiger partial charge in [0.05, 0.1) is 5.56 Å². The first-order valence-electron chi connectivity index (χ1n) is 5.76. The fourth-order valence-corrected chi connectivity index (χ4v) is 1.28. The largest absolute Gasteiger partial charge is 0.514 e. The van der Waals surface area contributed by atoms with E-state index >= 15 is 0 Å². The van der Waals surface area contributed by atoms with Gasteiger partial charge in [0.1, 0.15) is 11.4 Å². The van der Waals surface area contributed by atoms with Gasteiger partial charge in [-0.25, -0.2) is 4.79 Å². The normalized spacial score (nSPS) is 11.9. The first-order chi connectivity index (χ1) is 8.99. The molecule has 0 saturated heterocycles. The molecule has 0 N–H and O–H groups in total. The molecule has 110 valence electrons. The van der Waals surface area contributed by atoms with E-state index in [9.17, 15) is 18.0 Å². The predicted octanol–water partition coefficient (Wildman–Crippen LogP) is 4.63. The summed E-state index contributed by atoms with van der Waals surface area (Å²) in [4.78, 5) is 11.4. The molecule has 0 aromatic heterocycles. The Morgan fingerprint density at radius 1 is 1.10 bits per heavy atom. The number of halogens is 3. The number of rotatable bonds is 2. The van der Waals surface area contributed by atoms with Crippen LogP contribution in [-0.2, 0) is 15.7 Å². The molecule has 0 aliphatic heterocycles. The lowest BCUT2D eigenvalue weighted by Gasteiger charge is -2.19. The molecule has 0 atom stereocenters. The van der Waals surface area contributed by atoms with Crippen molar-refractivity contribution in [1.29, 1.82) is 0 Å². The number of carbonyl (C=O) groups is 1. The summed E-state index contributed by atoms with van der Waals surface area (Å²) in [5.74, 6) is -0.0759. The van der Waals surface area contributed by atoms with Crippen molar-refractivity contribution in [3.63, 3.8) is 0 Å². The van der Waals surface area contributed by atoms with Crippen molar-refractivity contribution in [2.45, 2.75) is 32.5 Å². The monoisotopic (exact) mass is 288 g/mol. The molecule has 6 heteroatoms. The molecule has 20 heavy (non-hydrogen) atoms. The molecule has 1 aromatic rings. The van der Waals surface area contributed by atoms with Crippen LogP contribution in [0.3, 0.4) is 0 Å². The summed E-state index contributed by atoms with van der Waals surface area (Å²) in [6.45, 7) is 8.47. The van der Waals surface area contributed by atoms with Crippen molar-refractivity contribution < 1.29 is 27.4 Å². The molecule has 0 fully saturated rings. The molecule has 0 spiro atoms. The first kappa shape index (κ1) is 16.1. The Bertz CT molecular complexity index is 496. The molecule has 1 aromatic carbocycles. The van der Waals surface area contributed by atoms with Crippen LogP contribution >= 0.6 is 0 Å². The van der Waals surface area contributed by atoms with Crippen LogP contribution in [0.1, 0.15) is 31.9 Å². The Kier molecular flexibility index (Phi) is 4.47. The maximum absolute atomic E-state index is 12.4. The van der Waals surface area contributed by atoms with E-state index in [4.69, 9.17) is 9.47 Å². The summed E-state index contributed by atoms with van der Waals surface area (Å²) >= 11 is 0. The van der Waals surface area contributed by atoms with Crippen LogP contribution in [-0.4, -0.2) is 11.8 Å². The summed E-state index contributed by atoms with van der Waals surface area (Å²) in [6, 6.07) is 4.13. The van der Waals surface area contributed by atoms with Gasteiger partial charge in [-0.1, -0.05) is 18.7 Å². The second-order valence-electron chi connectivity index (χ2n) is 5.06. The molecule has 0 aliphatic rings. The zero-order valence-electron chi connectivity index (χ0n) is 11.4. The smallest absolute Gasteiger partial charge is 0.428 e. The topological polar surface area (TPSA) is 35.5 Å². The van der Waals surface area contributed by atoms with Crippen molar-refractivity contribution in [1.82, 2.24) is 0 Å². The molecule has 0 saturated carbocycles. The second kappa shape index (κ2) is 5.56. The summed E-state index contributed by atoms with van der Waals surface area (Å²) < 4.78 is 46.9. The summed E-state index contributed by atoms with van der Waals surface area (Å²) in [5.41, 5.74) is -1.24.